The van der Waals surface area contributed by atoms with Crippen LogP contribution in [0.15, 0.2) is 35.0 Å². The Balaban J connectivity index is 1.59. The summed E-state index contributed by atoms with van der Waals surface area (Å²) in [6.07, 6.45) is 1.74. The zero-order valence-electron chi connectivity index (χ0n) is 13.8. The minimum atomic E-state index is -1.08. The molecule has 0 bridgehead atoms. The number of hydrogen-bond acceptors (Lipinski definition) is 4. The van der Waals surface area contributed by atoms with Crippen molar-refractivity contribution in [2.24, 2.45) is 0 Å². The van der Waals surface area contributed by atoms with Crippen molar-refractivity contribution in [1.29, 1.82) is 0 Å². The molecular weight excluding hydrogens is 324 g/mol. The summed E-state index contributed by atoms with van der Waals surface area (Å²) in [6.45, 7) is 1.86. The Morgan fingerprint density at radius 1 is 1.46 bits per heavy atom. The molecule has 0 fully saturated rings. The summed E-state index contributed by atoms with van der Waals surface area (Å²) in [5.74, 6) is 0.873. The van der Waals surface area contributed by atoms with Gasteiger partial charge in [-0.25, -0.2) is 4.79 Å². The van der Waals surface area contributed by atoms with Gasteiger partial charge in [0.25, 0.3) is 0 Å². The lowest BCUT2D eigenvalue weighted by molar-refractivity contribution is 0.0597. The number of fused-ring (bicyclic) bond motifs is 1. The van der Waals surface area contributed by atoms with Gasteiger partial charge in [-0.2, -0.15) is 11.3 Å². The average molecular weight is 346 g/mol. The molecule has 6 heteroatoms. The number of nitrogens with one attached hydrogen (secondary N) is 2. The van der Waals surface area contributed by atoms with Crippen molar-refractivity contribution in [3.8, 4) is 5.75 Å². The number of amides is 2. The number of carbonyl (C=O) groups excluding carboxylic acids is 1. The van der Waals surface area contributed by atoms with E-state index in [2.05, 4.69) is 10.6 Å². The summed E-state index contributed by atoms with van der Waals surface area (Å²) in [5, 5.41) is 20.0. The van der Waals surface area contributed by atoms with Crippen LogP contribution in [0, 0.1) is 0 Å². The molecule has 0 unspecified atom stereocenters. The number of aliphatic hydroxyl groups is 1. The molecule has 2 atom stereocenters. The molecule has 1 heterocycles. The molecule has 0 saturated carbocycles. The number of methoxy groups -OCH3 is 1. The van der Waals surface area contributed by atoms with Gasteiger partial charge in [-0.15, -0.1) is 0 Å². The zero-order valence-corrected chi connectivity index (χ0v) is 14.7. The van der Waals surface area contributed by atoms with Crippen molar-refractivity contribution in [2.45, 2.75) is 31.4 Å². The second-order valence-electron chi connectivity index (χ2n) is 6.23. The Morgan fingerprint density at radius 3 is 3.00 bits per heavy atom. The number of ether oxygens (including phenoxy) is 1. The number of urea groups is 1. The SMILES string of the molecule is COc1cccc2c1CC[C@H]2NC(=O)NC[C@](C)(O)c1ccsc1. The van der Waals surface area contributed by atoms with Crippen LogP contribution in [0.3, 0.4) is 0 Å². The molecule has 0 radical (unpaired) electrons. The summed E-state index contributed by atoms with van der Waals surface area (Å²) in [4.78, 5) is 12.2. The molecule has 1 aliphatic carbocycles. The van der Waals surface area contributed by atoms with Gasteiger partial charge in [0.05, 0.1) is 19.7 Å². The highest BCUT2D eigenvalue weighted by Gasteiger charge is 2.28. The van der Waals surface area contributed by atoms with E-state index in [0.29, 0.717) is 0 Å². The fraction of sp³-hybridized carbons (Fsp3) is 0.389. The number of rotatable bonds is 5. The zero-order chi connectivity index (χ0) is 17.2. The van der Waals surface area contributed by atoms with E-state index < -0.39 is 5.60 Å². The fourth-order valence-corrected chi connectivity index (χ4v) is 3.88. The molecular formula is C18H22N2O3S. The summed E-state index contributed by atoms with van der Waals surface area (Å²) < 4.78 is 5.38. The second kappa shape index (κ2) is 6.83. The smallest absolute Gasteiger partial charge is 0.315 e. The number of hydrogen-bond donors (Lipinski definition) is 3. The number of carbonyl (C=O) groups is 1. The first kappa shape index (κ1) is 16.8. The van der Waals surface area contributed by atoms with Crippen LogP contribution in [0.5, 0.6) is 5.75 Å². The van der Waals surface area contributed by atoms with E-state index >= 15 is 0 Å². The Morgan fingerprint density at radius 2 is 2.29 bits per heavy atom. The minimum absolute atomic E-state index is 0.0267. The topological polar surface area (TPSA) is 70.6 Å². The molecule has 1 aliphatic rings. The quantitative estimate of drug-likeness (QED) is 0.779. The van der Waals surface area contributed by atoms with Gasteiger partial charge in [-0.3, -0.25) is 0 Å². The van der Waals surface area contributed by atoms with Crippen LogP contribution < -0.4 is 15.4 Å². The van der Waals surface area contributed by atoms with Crippen molar-refractivity contribution >= 4 is 17.4 Å². The van der Waals surface area contributed by atoms with E-state index in [-0.39, 0.29) is 18.6 Å². The highest BCUT2D eigenvalue weighted by molar-refractivity contribution is 7.08. The maximum Gasteiger partial charge on any atom is 0.315 e. The van der Waals surface area contributed by atoms with Crippen LogP contribution in [-0.2, 0) is 12.0 Å². The van der Waals surface area contributed by atoms with Gasteiger partial charge in [-0.1, -0.05) is 12.1 Å². The highest BCUT2D eigenvalue weighted by Crippen LogP contribution is 2.36. The Bertz CT molecular complexity index is 713. The van der Waals surface area contributed by atoms with E-state index in [0.717, 1.165) is 35.3 Å². The van der Waals surface area contributed by atoms with Crippen molar-refractivity contribution < 1.29 is 14.6 Å². The monoisotopic (exact) mass is 346 g/mol. The van der Waals surface area contributed by atoms with E-state index in [1.807, 2.05) is 35.0 Å². The molecule has 0 aliphatic heterocycles. The van der Waals surface area contributed by atoms with Gasteiger partial charge in [0.2, 0.25) is 0 Å². The molecule has 1 aromatic carbocycles. The molecule has 128 valence electrons. The molecule has 3 N–H and O–H groups in total. The third-order valence-electron chi connectivity index (χ3n) is 4.49. The first-order valence-electron chi connectivity index (χ1n) is 7.96. The van der Waals surface area contributed by atoms with E-state index in [4.69, 9.17) is 4.74 Å². The maximum absolute atomic E-state index is 12.2. The lowest BCUT2D eigenvalue weighted by atomic mass is 9.99. The van der Waals surface area contributed by atoms with Crippen molar-refractivity contribution in [2.75, 3.05) is 13.7 Å². The molecule has 0 saturated heterocycles. The summed E-state index contributed by atoms with van der Waals surface area (Å²) in [5.41, 5.74) is 2.00. The Kier molecular flexibility index (Phi) is 4.78. The molecule has 2 aromatic rings. The van der Waals surface area contributed by atoms with Gasteiger partial charge in [0.1, 0.15) is 11.4 Å². The standard InChI is InChI=1S/C18H22N2O3S/c1-18(22,12-8-9-24-10-12)11-19-17(21)20-15-7-6-14-13(15)4-3-5-16(14)23-2/h3-5,8-10,15,22H,6-7,11H2,1-2H3,(H2,19,20,21)/t15-,18+/m1/s1. The number of benzene rings is 1. The maximum atomic E-state index is 12.2. The van der Waals surface area contributed by atoms with Crippen LogP contribution in [0.1, 0.15) is 36.1 Å². The third kappa shape index (κ3) is 3.39. The van der Waals surface area contributed by atoms with Crippen molar-refractivity contribution in [3.63, 3.8) is 0 Å². The summed E-state index contributed by atoms with van der Waals surface area (Å²) in [7, 11) is 1.66. The average Bonchev–Trinajstić information content (AvgIpc) is 3.23. The van der Waals surface area contributed by atoms with Crippen LogP contribution in [0.4, 0.5) is 4.79 Å². The predicted molar refractivity (Wildman–Crippen MR) is 94.5 cm³/mol. The van der Waals surface area contributed by atoms with Gasteiger partial charge in [0, 0.05) is 0 Å². The Hall–Kier alpha value is -2.05. The van der Waals surface area contributed by atoms with Crippen molar-refractivity contribution in [3.05, 3.63) is 51.7 Å². The van der Waals surface area contributed by atoms with Crippen LogP contribution in [0.2, 0.25) is 0 Å². The van der Waals surface area contributed by atoms with E-state index in [1.165, 1.54) is 11.3 Å². The third-order valence-corrected chi connectivity index (χ3v) is 5.17. The molecule has 3 rings (SSSR count). The highest BCUT2D eigenvalue weighted by atomic mass is 32.1. The first-order valence-corrected chi connectivity index (χ1v) is 8.91. The van der Waals surface area contributed by atoms with Crippen LogP contribution in [0.25, 0.3) is 0 Å². The minimum Gasteiger partial charge on any atom is -0.496 e. The Labute approximate surface area is 145 Å². The van der Waals surface area contributed by atoms with Gasteiger partial charge in [-0.05, 0) is 59.3 Å². The first-order chi connectivity index (χ1) is 11.5. The summed E-state index contributed by atoms with van der Waals surface area (Å²) in [6, 6.07) is 7.48. The second-order valence-corrected chi connectivity index (χ2v) is 7.01. The van der Waals surface area contributed by atoms with Gasteiger partial charge in [0.15, 0.2) is 0 Å². The largest absolute Gasteiger partial charge is 0.496 e. The van der Waals surface area contributed by atoms with E-state index in [9.17, 15) is 9.90 Å². The lowest BCUT2D eigenvalue weighted by Gasteiger charge is -2.24. The normalized spacial score (nSPS) is 18.5. The van der Waals surface area contributed by atoms with Crippen LogP contribution >= 0.6 is 11.3 Å². The molecule has 0 spiro atoms. The fourth-order valence-electron chi connectivity index (χ4n) is 3.10. The lowest BCUT2D eigenvalue weighted by Crippen LogP contribution is -2.44. The molecule has 5 nitrogen and oxygen atoms in total. The summed E-state index contributed by atoms with van der Waals surface area (Å²) >= 11 is 1.52. The van der Waals surface area contributed by atoms with Gasteiger partial charge < -0.3 is 20.5 Å². The molecule has 1 aromatic heterocycles. The predicted octanol–water partition coefficient (Wildman–Crippen LogP) is 2.95. The van der Waals surface area contributed by atoms with Gasteiger partial charge >= 0.3 is 6.03 Å². The molecule has 2 amide bonds. The van der Waals surface area contributed by atoms with Crippen LogP contribution in [-0.4, -0.2) is 24.8 Å². The number of thiophene rings is 1. The van der Waals surface area contributed by atoms with Crippen molar-refractivity contribution in [1.82, 2.24) is 10.6 Å². The molecule has 24 heavy (non-hydrogen) atoms. The van der Waals surface area contributed by atoms with E-state index in [1.54, 1.807) is 14.0 Å².